The van der Waals surface area contributed by atoms with Crippen molar-refractivity contribution in [3.63, 3.8) is 0 Å². The van der Waals surface area contributed by atoms with Gasteiger partial charge in [-0.1, -0.05) is 74.5 Å². The van der Waals surface area contributed by atoms with E-state index in [1.807, 2.05) is 49.4 Å². The zero-order chi connectivity index (χ0) is 26.6. The minimum atomic E-state index is -0.915. The van der Waals surface area contributed by atoms with Gasteiger partial charge in [-0.3, -0.25) is 9.59 Å². The maximum atomic E-state index is 13.5. The van der Waals surface area contributed by atoms with Gasteiger partial charge in [-0.15, -0.1) is 0 Å². The molecule has 0 N–H and O–H groups in total. The lowest BCUT2D eigenvalue weighted by molar-refractivity contribution is -0.152. The minimum Gasteiger partial charge on any atom is -0.482 e. The zero-order valence-corrected chi connectivity index (χ0v) is 22.8. The van der Waals surface area contributed by atoms with Gasteiger partial charge in [-0.2, -0.15) is 0 Å². The second kappa shape index (κ2) is 14.1. The van der Waals surface area contributed by atoms with Crippen LogP contribution in [0.15, 0.2) is 54.6 Å². The number of carbonyl (C=O) groups is 3. The molecule has 0 aliphatic heterocycles. The monoisotopic (exact) mass is 514 g/mol. The van der Waals surface area contributed by atoms with Gasteiger partial charge in [0.2, 0.25) is 0 Å². The molecule has 0 bridgehead atoms. The lowest BCUT2D eigenvalue weighted by Crippen LogP contribution is -2.35. The minimum absolute atomic E-state index is 0.0458. The van der Waals surface area contributed by atoms with E-state index in [0.717, 1.165) is 29.7 Å². The van der Waals surface area contributed by atoms with Gasteiger partial charge in [0, 0.05) is 12.7 Å². The van der Waals surface area contributed by atoms with Crippen LogP contribution in [0.2, 0.25) is 0 Å². The molecule has 1 atom stereocenters. The molecule has 0 spiro atoms. The molecule has 6 nitrogen and oxygen atoms in total. The Kier molecular flexibility index (Phi) is 11.5. The molecule has 0 aliphatic rings. The van der Waals surface area contributed by atoms with Crippen LogP contribution in [0.4, 0.5) is 0 Å². The third kappa shape index (κ3) is 9.69. The Labute approximate surface area is 219 Å². The first kappa shape index (κ1) is 29.4. The second-order valence-corrected chi connectivity index (χ2v) is 11.0. The first-order chi connectivity index (χ1) is 17.1. The Hall–Kier alpha value is -2.80. The highest BCUT2D eigenvalue weighted by molar-refractivity contribution is 8.13. The molecule has 196 valence electrons. The SMILES string of the molecule is CCOC(=O)COc1cccc(C(C)(CCCC(C)(C)CSC(C)=O)C(=O)OCc2ccccc2)c1. The normalized spacial score (nSPS) is 12.9. The molecule has 1 unspecified atom stereocenters. The molecule has 2 rings (SSSR count). The van der Waals surface area contributed by atoms with Gasteiger partial charge in [0.25, 0.3) is 0 Å². The largest absolute Gasteiger partial charge is 0.482 e. The fourth-order valence-corrected chi connectivity index (χ4v) is 4.55. The quantitative estimate of drug-likeness (QED) is 0.282. The molecular formula is C29H38O6S. The second-order valence-electron chi connectivity index (χ2n) is 9.81. The van der Waals surface area contributed by atoms with Gasteiger partial charge in [0.15, 0.2) is 11.7 Å². The summed E-state index contributed by atoms with van der Waals surface area (Å²) in [6.45, 7) is 9.76. The Balaban J connectivity index is 2.19. The van der Waals surface area contributed by atoms with E-state index in [9.17, 15) is 14.4 Å². The van der Waals surface area contributed by atoms with Crippen molar-refractivity contribution in [3.8, 4) is 5.75 Å². The lowest BCUT2D eigenvalue weighted by atomic mass is 9.76. The van der Waals surface area contributed by atoms with Crippen molar-refractivity contribution in [2.75, 3.05) is 19.0 Å². The van der Waals surface area contributed by atoms with Crippen LogP contribution in [0.25, 0.3) is 0 Å². The highest BCUT2D eigenvalue weighted by Crippen LogP contribution is 2.36. The number of esters is 2. The summed E-state index contributed by atoms with van der Waals surface area (Å²) in [5.41, 5.74) is 0.720. The summed E-state index contributed by atoms with van der Waals surface area (Å²) in [6.07, 6.45) is 2.19. The fraction of sp³-hybridized carbons (Fsp3) is 0.483. The number of hydrogen-bond donors (Lipinski definition) is 0. The molecule has 0 heterocycles. The van der Waals surface area contributed by atoms with E-state index >= 15 is 0 Å². The molecule has 0 radical (unpaired) electrons. The van der Waals surface area contributed by atoms with Gasteiger partial charge in [0.1, 0.15) is 12.4 Å². The Morgan fingerprint density at radius 1 is 0.917 bits per heavy atom. The fourth-order valence-electron chi connectivity index (χ4n) is 3.81. The summed E-state index contributed by atoms with van der Waals surface area (Å²) in [4.78, 5) is 36.6. The van der Waals surface area contributed by atoms with Crippen LogP contribution in [-0.2, 0) is 35.9 Å². The van der Waals surface area contributed by atoms with Gasteiger partial charge in [-0.25, -0.2) is 4.79 Å². The molecule has 2 aromatic rings. The lowest BCUT2D eigenvalue weighted by Gasteiger charge is -2.30. The molecule has 0 saturated heterocycles. The summed E-state index contributed by atoms with van der Waals surface area (Å²) in [7, 11) is 0. The smallest absolute Gasteiger partial charge is 0.344 e. The van der Waals surface area contributed by atoms with E-state index < -0.39 is 11.4 Å². The third-order valence-corrected chi connectivity index (χ3v) is 7.33. The van der Waals surface area contributed by atoms with Crippen molar-refractivity contribution in [2.24, 2.45) is 5.41 Å². The van der Waals surface area contributed by atoms with Crippen molar-refractivity contribution in [1.82, 2.24) is 0 Å². The third-order valence-electron chi connectivity index (χ3n) is 5.99. The van der Waals surface area contributed by atoms with E-state index in [1.165, 1.54) is 11.8 Å². The molecule has 36 heavy (non-hydrogen) atoms. The summed E-state index contributed by atoms with van der Waals surface area (Å²) < 4.78 is 16.3. The van der Waals surface area contributed by atoms with Crippen molar-refractivity contribution in [2.45, 2.75) is 65.9 Å². The summed E-state index contributed by atoms with van der Waals surface area (Å²) >= 11 is 1.33. The Morgan fingerprint density at radius 2 is 1.64 bits per heavy atom. The van der Waals surface area contributed by atoms with Crippen LogP contribution >= 0.6 is 11.8 Å². The van der Waals surface area contributed by atoms with Gasteiger partial charge < -0.3 is 14.2 Å². The van der Waals surface area contributed by atoms with Crippen LogP contribution < -0.4 is 4.74 Å². The summed E-state index contributed by atoms with van der Waals surface area (Å²) in [5.74, 6) is 0.457. The average Bonchev–Trinajstić information content (AvgIpc) is 2.85. The van der Waals surface area contributed by atoms with Crippen molar-refractivity contribution in [3.05, 3.63) is 65.7 Å². The highest BCUT2D eigenvalue weighted by Gasteiger charge is 2.37. The molecule has 0 aliphatic carbocycles. The van der Waals surface area contributed by atoms with Gasteiger partial charge in [-0.05, 0) is 55.4 Å². The first-order valence-corrected chi connectivity index (χ1v) is 13.3. The number of rotatable bonds is 14. The topological polar surface area (TPSA) is 78.9 Å². The summed E-state index contributed by atoms with van der Waals surface area (Å²) in [6, 6.07) is 16.8. The van der Waals surface area contributed by atoms with Crippen LogP contribution in [0.3, 0.4) is 0 Å². The molecule has 0 amide bonds. The predicted molar refractivity (Wildman–Crippen MR) is 143 cm³/mol. The molecule has 0 saturated carbocycles. The van der Waals surface area contributed by atoms with Gasteiger partial charge >= 0.3 is 11.9 Å². The number of benzene rings is 2. The average molecular weight is 515 g/mol. The Bertz CT molecular complexity index is 1000. The number of hydrogen-bond acceptors (Lipinski definition) is 7. The summed E-state index contributed by atoms with van der Waals surface area (Å²) in [5, 5.41) is 0.108. The maximum Gasteiger partial charge on any atom is 0.344 e. The number of thioether (sulfide) groups is 1. The van der Waals surface area contributed by atoms with Crippen LogP contribution in [-0.4, -0.2) is 36.0 Å². The Morgan fingerprint density at radius 3 is 2.31 bits per heavy atom. The van der Waals surface area contributed by atoms with Crippen molar-refractivity contribution in [1.29, 1.82) is 0 Å². The molecule has 0 aromatic heterocycles. The molecule has 7 heteroatoms. The van der Waals surface area contributed by atoms with Crippen molar-refractivity contribution >= 4 is 28.8 Å². The highest BCUT2D eigenvalue weighted by atomic mass is 32.2. The van der Waals surface area contributed by atoms with E-state index in [2.05, 4.69) is 13.8 Å². The van der Waals surface area contributed by atoms with Crippen LogP contribution in [0.1, 0.15) is 65.0 Å². The van der Waals surface area contributed by atoms with Crippen LogP contribution in [0, 0.1) is 5.41 Å². The zero-order valence-electron chi connectivity index (χ0n) is 22.0. The van der Waals surface area contributed by atoms with E-state index in [1.54, 1.807) is 26.0 Å². The number of ether oxygens (including phenoxy) is 3. The first-order valence-electron chi connectivity index (χ1n) is 12.3. The number of carbonyl (C=O) groups excluding carboxylic acids is 3. The maximum absolute atomic E-state index is 13.5. The predicted octanol–water partition coefficient (Wildman–Crippen LogP) is 6.11. The standard InChI is InChI=1S/C29H38O6S/c1-6-33-26(31)20-34-25-15-10-14-24(18-25)29(5,17-11-16-28(3,4)21-36-22(2)30)27(32)35-19-23-12-8-7-9-13-23/h7-10,12-15,18H,6,11,16-17,19-21H2,1-5H3. The van der Waals surface area contributed by atoms with E-state index in [4.69, 9.17) is 14.2 Å². The molecule has 2 aromatic carbocycles. The molecular weight excluding hydrogens is 476 g/mol. The van der Waals surface area contributed by atoms with E-state index in [-0.39, 0.29) is 36.3 Å². The van der Waals surface area contributed by atoms with Gasteiger partial charge in [0.05, 0.1) is 12.0 Å². The van der Waals surface area contributed by atoms with Crippen LogP contribution in [0.5, 0.6) is 5.75 Å². The van der Waals surface area contributed by atoms with Crippen molar-refractivity contribution < 1.29 is 28.6 Å². The van der Waals surface area contributed by atoms with E-state index in [0.29, 0.717) is 12.2 Å². The molecule has 0 fully saturated rings.